The van der Waals surface area contributed by atoms with E-state index in [0.29, 0.717) is 0 Å². The highest BCUT2D eigenvalue weighted by molar-refractivity contribution is 7.79. The van der Waals surface area contributed by atoms with Gasteiger partial charge in [0.2, 0.25) is 9.79 Å². The molecule has 4 aromatic rings. The number of anilines is 3. The third-order valence-electron chi connectivity index (χ3n) is 4.41. The van der Waals surface area contributed by atoms with Gasteiger partial charge in [0, 0.05) is 17.8 Å². The third-order valence-corrected chi connectivity index (χ3v) is 5.52. The Balaban J connectivity index is 1.81. The molecule has 0 spiro atoms. The van der Waals surface area contributed by atoms with E-state index in [1.165, 1.54) is 37.6 Å². The predicted molar refractivity (Wildman–Crippen MR) is 103 cm³/mol. The summed E-state index contributed by atoms with van der Waals surface area (Å²) in [6.45, 7) is 0. The van der Waals surface area contributed by atoms with Gasteiger partial charge in [0.1, 0.15) is 11.4 Å². The highest BCUT2D eigenvalue weighted by Crippen LogP contribution is 2.46. The van der Waals surface area contributed by atoms with E-state index in [1.54, 1.807) is 0 Å². The quantitative estimate of drug-likeness (QED) is 0.341. The molecule has 1 aliphatic heterocycles. The maximum Gasteiger partial charge on any atom is 0.289 e. The predicted octanol–water partition coefficient (Wildman–Crippen LogP) is 6.12. The van der Waals surface area contributed by atoms with Crippen molar-refractivity contribution in [2.75, 3.05) is 4.90 Å². The zero-order valence-electron chi connectivity index (χ0n) is 13.0. The van der Waals surface area contributed by atoms with Crippen molar-refractivity contribution in [3.8, 4) is 0 Å². The first-order chi connectivity index (χ1) is 11.9. The Morgan fingerprint density at radius 3 is 2.04 bits per heavy atom. The number of nitrogens with zero attached hydrogens (tertiary/aromatic N) is 1. The van der Waals surface area contributed by atoms with E-state index in [9.17, 15) is 0 Å². The van der Waals surface area contributed by atoms with Crippen LogP contribution in [0.5, 0.6) is 0 Å². The molecular formula is C22H15NS+. The average Bonchev–Trinajstić information content (AvgIpc) is 2.65. The number of fused-ring (bicyclic) bond motifs is 3. The first-order valence-corrected chi connectivity index (χ1v) is 8.87. The Labute approximate surface area is 145 Å². The summed E-state index contributed by atoms with van der Waals surface area (Å²) < 4.78 is 0. The molecule has 0 unspecified atom stereocenters. The molecule has 0 N–H and O–H groups in total. The van der Waals surface area contributed by atoms with Crippen molar-refractivity contribution in [1.29, 1.82) is 0 Å². The van der Waals surface area contributed by atoms with Crippen molar-refractivity contribution in [2.45, 2.75) is 9.79 Å². The van der Waals surface area contributed by atoms with Crippen LogP contribution in [0.15, 0.2) is 101 Å². The lowest BCUT2D eigenvalue weighted by atomic mass is 10.1. The van der Waals surface area contributed by atoms with Crippen LogP contribution in [0.3, 0.4) is 0 Å². The largest absolute Gasteiger partial charge is 0.301 e. The second-order valence-corrected chi connectivity index (χ2v) is 6.99. The van der Waals surface area contributed by atoms with Crippen molar-refractivity contribution in [1.82, 2.24) is 0 Å². The minimum Gasteiger partial charge on any atom is -0.301 e. The van der Waals surface area contributed by atoms with Gasteiger partial charge in [-0.1, -0.05) is 54.6 Å². The fourth-order valence-electron chi connectivity index (χ4n) is 3.30. The van der Waals surface area contributed by atoms with Crippen molar-refractivity contribution in [3.05, 3.63) is 91.0 Å². The number of benzene rings is 4. The molecule has 0 fully saturated rings. The molecule has 113 valence electrons. The summed E-state index contributed by atoms with van der Waals surface area (Å²) in [5.74, 6) is 0. The molecule has 0 bridgehead atoms. The standard InChI is InChI=1S/C22H15NS/c1-2-10-18(11-3-1)23-19-12-6-7-13-21(19)24-22-15-17-9-5-4-8-16(17)14-20(22)23/h1-15H/q+1. The van der Waals surface area contributed by atoms with Crippen LogP contribution in [-0.4, -0.2) is 0 Å². The summed E-state index contributed by atoms with van der Waals surface area (Å²) in [4.78, 5) is 4.97. The van der Waals surface area contributed by atoms with Gasteiger partial charge in [0.05, 0.1) is 0 Å². The number of hydrogen-bond acceptors (Lipinski definition) is 2. The minimum atomic E-state index is 1.20. The highest BCUT2D eigenvalue weighted by atomic mass is 32.2. The Morgan fingerprint density at radius 1 is 0.542 bits per heavy atom. The molecule has 1 heterocycles. The van der Waals surface area contributed by atoms with Gasteiger partial charge in [0.25, 0.3) is 11.8 Å². The third kappa shape index (κ3) is 2.11. The van der Waals surface area contributed by atoms with Gasteiger partial charge in [-0.15, -0.1) is 0 Å². The van der Waals surface area contributed by atoms with Crippen LogP contribution in [-0.2, 0) is 11.8 Å². The second kappa shape index (κ2) is 5.43. The Kier molecular flexibility index (Phi) is 3.10. The molecule has 0 amide bonds. The molecule has 1 radical (unpaired) electrons. The Bertz CT molecular complexity index is 1040. The number of rotatable bonds is 1. The maximum atomic E-state index is 2.37. The summed E-state index contributed by atoms with van der Waals surface area (Å²) >= 11 is 1.85. The summed E-state index contributed by atoms with van der Waals surface area (Å²) in [6.07, 6.45) is 0. The van der Waals surface area contributed by atoms with Crippen LogP contribution >= 0.6 is 0 Å². The van der Waals surface area contributed by atoms with E-state index >= 15 is 0 Å². The van der Waals surface area contributed by atoms with Gasteiger partial charge < -0.3 is 4.90 Å². The first kappa shape index (κ1) is 13.7. The normalized spacial score (nSPS) is 12.8. The molecule has 0 atom stereocenters. The number of para-hydroxylation sites is 2. The van der Waals surface area contributed by atoms with Crippen molar-refractivity contribution in [3.63, 3.8) is 0 Å². The molecule has 0 aromatic heterocycles. The van der Waals surface area contributed by atoms with Gasteiger partial charge in [-0.2, -0.15) is 0 Å². The van der Waals surface area contributed by atoms with E-state index in [1.807, 2.05) is 11.8 Å². The van der Waals surface area contributed by atoms with Gasteiger partial charge in [-0.3, -0.25) is 0 Å². The smallest absolute Gasteiger partial charge is 0.289 e. The van der Waals surface area contributed by atoms with E-state index in [0.717, 1.165) is 0 Å². The van der Waals surface area contributed by atoms with E-state index in [-0.39, 0.29) is 0 Å². The minimum absolute atomic E-state index is 1.20. The van der Waals surface area contributed by atoms with Crippen LogP contribution in [0.4, 0.5) is 17.1 Å². The van der Waals surface area contributed by atoms with Gasteiger partial charge in [0.15, 0.2) is 0 Å². The molecule has 24 heavy (non-hydrogen) atoms. The summed E-state index contributed by atoms with van der Waals surface area (Å²) in [5.41, 5.74) is 3.70. The monoisotopic (exact) mass is 325 g/mol. The summed E-state index contributed by atoms with van der Waals surface area (Å²) in [5, 5.41) is 2.56. The van der Waals surface area contributed by atoms with E-state index in [4.69, 9.17) is 0 Å². The van der Waals surface area contributed by atoms with Gasteiger partial charge >= 0.3 is 0 Å². The van der Waals surface area contributed by atoms with Gasteiger partial charge in [-0.25, -0.2) is 0 Å². The number of hydrogen-bond donors (Lipinski definition) is 0. The molecule has 0 saturated heterocycles. The van der Waals surface area contributed by atoms with Crippen LogP contribution in [0.1, 0.15) is 0 Å². The van der Waals surface area contributed by atoms with Crippen LogP contribution in [0.2, 0.25) is 0 Å². The lowest BCUT2D eigenvalue weighted by Crippen LogP contribution is -2.17. The summed E-state index contributed by atoms with van der Waals surface area (Å²) in [7, 11) is 0. The average molecular weight is 325 g/mol. The molecule has 1 nitrogen and oxygen atoms in total. The lowest BCUT2D eigenvalue weighted by Gasteiger charge is -2.27. The highest BCUT2D eigenvalue weighted by Gasteiger charge is 2.35. The van der Waals surface area contributed by atoms with E-state index < -0.39 is 0 Å². The van der Waals surface area contributed by atoms with Crippen molar-refractivity contribution < 1.29 is 0 Å². The van der Waals surface area contributed by atoms with Crippen LogP contribution < -0.4 is 4.90 Å². The SMILES string of the molecule is c1ccc(N2c3ccccc3[S+]c3cc4ccccc4cc32)cc1. The Hall–Kier alpha value is -2.71. The van der Waals surface area contributed by atoms with Gasteiger partial charge in [-0.05, 0) is 35.0 Å². The molecule has 0 saturated carbocycles. The van der Waals surface area contributed by atoms with E-state index in [2.05, 4.69) is 95.9 Å². The molecule has 0 aliphatic carbocycles. The van der Waals surface area contributed by atoms with Crippen LogP contribution in [0.25, 0.3) is 10.8 Å². The zero-order chi connectivity index (χ0) is 15.9. The van der Waals surface area contributed by atoms with Crippen molar-refractivity contribution >= 4 is 39.6 Å². The van der Waals surface area contributed by atoms with Crippen molar-refractivity contribution in [2.24, 2.45) is 0 Å². The molecule has 1 aliphatic rings. The second-order valence-electron chi connectivity index (χ2n) is 5.91. The zero-order valence-corrected chi connectivity index (χ0v) is 13.8. The summed E-state index contributed by atoms with van der Waals surface area (Å²) in [6, 6.07) is 32.4. The first-order valence-electron chi connectivity index (χ1n) is 8.05. The molecule has 2 heteroatoms. The topological polar surface area (TPSA) is 3.24 Å². The molecule has 4 aromatic carbocycles. The molecule has 5 rings (SSSR count). The van der Waals surface area contributed by atoms with Crippen LogP contribution in [0, 0.1) is 0 Å². The lowest BCUT2D eigenvalue weighted by molar-refractivity contribution is 1.17. The maximum absolute atomic E-state index is 2.37. The Morgan fingerprint density at radius 2 is 1.21 bits per heavy atom. The fourth-order valence-corrected chi connectivity index (χ4v) is 4.38. The molecular weight excluding hydrogens is 310 g/mol. The fraction of sp³-hybridized carbons (Fsp3) is 0.